The number of benzene rings is 2. The molecule has 0 aliphatic carbocycles. The van der Waals surface area contributed by atoms with Gasteiger partial charge >= 0.3 is 0 Å². The van der Waals surface area contributed by atoms with E-state index < -0.39 is 12.0 Å². The Morgan fingerprint density at radius 1 is 1.12 bits per heavy atom. The number of amides is 1. The van der Waals surface area contributed by atoms with E-state index in [1.165, 1.54) is 0 Å². The maximum absolute atomic E-state index is 13.7. The van der Waals surface area contributed by atoms with Crippen LogP contribution in [0.5, 0.6) is 0 Å². The second-order valence-electron chi connectivity index (χ2n) is 7.97. The van der Waals surface area contributed by atoms with E-state index >= 15 is 0 Å². The minimum atomic E-state index is -0.704. The molecular formula is C26H26N4O2. The number of anilines is 1. The highest BCUT2D eigenvalue weighted by Gasteiger charge is 2.33. The van der Waals surface area contributed by atoms with Crippen molar-refractivity contribution in [1.29, 1.82) is 5.26 Å². The predicted molar refractivity (Wildman–Crippen MR) is 124 cm³/mol. The predicted octanol–water partition coefficient (Wildman–Crippen LogP) is 4.47. The number of rotatable bonds is 9. The normalized spacial score (nSPS) is 12.6. The van der Waals surface area contributed by atoms with Crippen molar-refractivity contribution >= 4 is 17.9 Å². The first kappa shape index (κ1) is 22.9. The molecule has 3 rings (SSSR count). The van der Waals surface area contributed by atoms with Gasteiger partial charge in [-0.25, -0.2) is 0 Å². The number of pyridine rings is 1. The number of nitrogens with one attached hydrogen (secondary N) is 2. The number of carbonyl (C=O) groups excluding carboxylic acids is 2. The monoisotopic (exact) mass is 426 g/mol. The van der Waals surface area contributed by atoms with Gasteiger partial charge in [0.25, 0.3) is 0 Å². The second-order valence-corrected chi connectivity index (χ2v) is 7.97. The summed E-state index contributed by atoms with van der Waals surface area (Å²) in [4.78, 5) is 29.7. The minimum absolute atomic E-state index is 0.278. The molecule has 1 heterocycles. The summed E-state index contributed by atoms with van der Waals surface area (Å²) >= 11 is 0. The molecule has 0 unspecified atom stereocenters. The van der Waals surface area contributed by atoms with Crippen molar-refractivity contribution < 1.29 is 9.59 Å². The number of carbonyl (C=O) groups is 2. The number of hydrogen-bond donors (Lipinski definition) is 2. The Morgan fingerprint density at radius 3 is 2.62 bits per heavy atom. The highest BCUT2D eigenvalue weighted by molar-refractivity contribution is 5.98. The lowest BCUT2D eigenvalue weighted by atomic mass is 9.84. The summed E-state index contributed by atoms with van der Waals surface area (Å²) in [6.07, 6.45) is 4.19. The van der Waals surface area contributed by atoms with Crippen LogP contribution in [0, 0.1) is 17.2 Å². The van der Waals surface area contributed by atoms with Crippen molar-refractivity contribution in [2.24, 2.45) is 5.92 Å². The van der Waals surface area contributed by atoms with Gasteiger partial charge < -0.3 is 10.6 Å². The lowest BCUT2D eigenvalue weighted by Crippen LogP contribution is -2.36. The van der Waals surface area contributed by atoms with Gasteiger partial charge in [-0.3, -0.25) is 14.6 Å². The fourth-order valence-electron chi connectivity index (χ4n) is 3.61. The summed E-state index contributed by atoms with van der Waals surface area (Å²) < 4.78 is 0. The maximum Gasteiger partial charge on any atom is 0.233 e. The van der Waals surface area contributed by atoms with Crippen LogP contribution in [0.1, 0.15) is 52.9 Å². The second kappa shape index (κ2) is 11.0. The van der Waals surface area contributed by atoms with Gasteiger partial charge in [-0.1, -0.05) is 50.2 Å². The number of hydrogen-bond acceptors (Lipinski definition) is 5. The number of nitrogens with zero attached hydrogens (tertiary/aromatic N) is 2. The lowest BCUT2D eigenvalue weighted by molar-refractivity contribution is -0.118. The molecule has 0 spiro atoms. The fourth-order valence-corrected chi connectivity index (χ4v) is 3.61. The van der Waals surface area contributed by atoms with Crippen molar-refractivity contribution in [2.45, 2.75) is 25.8 Å². The van der Waals surface area contributed by atoms with Gasteiger partial charge in [-0.2, -0.15) is 5.26 Å². The molecule has 0 bridgehead atoms. The van der Waals surface area contributed by atoms with E-state index in [0.717, 1.165) is 11.8 Å². The molecule has 0 saturated heterocycles. The molecule has 162 valence electrons. The highest BCUT2D eigenvalue weighted by Crippen LogP contribution is 2.34. The zero-order valence-electron chi connectivity index (χ0n) is 18.2. The van der Waals surface area contributed by atoms with Crippen LogP contribution >= 0.6 is 0 Å². The molecule has 3 aromatic rings. The Labute approximate surface area is 188 Å². The summed E-state index contributed by atoms with van der Waals surface area (Å²) in [5, 5.41) is 15.6. The first-order chi connectivity index (χ1) is 15.5. The molecule has 1 amide bonds. The van der Waals surface area contributed by atoms with Gasteiger partial charge in [0.1, 0.15) is 6.29 Å². The average Bonchev–Trinajstić information content (AvgIpc) is 2.82. The van der Waals surface area contributed by atoms with E-state index in [0.29, 0.717) is 34.8 Å². The van der Waals surface area contributed by atoms with Crippen molar-refractivity contribution in [1.82, 2.24) is 10.3 Å². The maximum atomic E-state index is 13.7. The van der Waals surface area contributed by atoms with Crippen LogP contribution in [-0.2, 0) is 4.79 Å². The van der Waals surface area contributed by atoms with Crippen LogP contribution in [0.15, 0.2) is 73.1 Å². The van der Waals surface area contributed by atoms with E-state index in [1.807, 2.05) is 18.2 Å². The molecule has 0 saturated carbocycles. The zero-order valence-corrected chi connectivity index (χ0v) is 18.2. The van der Waals surface area contributed by atoms with Crippen molar-refractivity contribution in [3.05, 3.63) is 95.3 Å². The fraction of sp³-hybridized carbons (Fsp3) is 0.231. The van der Waals surface area contributed by atoms with Crippen molar-refractivity contribution in [2.75, 3.05) is 11.9 Å². The Bertz CT molecular complexity index is 1110. The molecule has 1 aromatic heterocycles. The van der Waals surface area contributed by atoms with Gasteiger partial charge in [0.15, 0.2) is 0 Å². The van der Waals surface area contributed by atoms with Crippen molar-refractivity contribution in [3.8, 4) is 6.07 Å². The summed E-state index contributed by atoms with van der Waals surface area (Å²) in [6, 6.07) is 19.3. The van der Waals surface area contributed by atoms with E-state index in [-0.39, 0.29) is 5.91 Å². The largest absolute Gasteiger partial charge is 0.325 e. The Morgan fingerprint density at radius 2 is 1.94 bits per heavy atom. The molecule has 2 N–H and O–H groups in total. The van der Waals surface area contributed by atoms with Gasteiger partial charge in [-0.15, -0.1) is 0 Å². The third kappa shape index (κ3) is 5.65. The van der Waals surface area contributed by atoms with E-state index in [2.05, 4.69) is 35.5 Å². The topological polar surface area (TPSA) is 94.9 Å². The van der Waals surface area contributed by atoms with E-state index in [4.69, 9.17) is 0 Å². The standard InChI is InChI=1S/C26H26N4O2/c1-18(2)15-29-25(20-9-6-12-28-16-20)24(23-11-4-3-8-21(23)17-31)26(32)30-22-10-5-7-19(13-22)14-27/h3-13,16-18,24-25,29H,15H2,1-2H3,(H,30,32)/t24-,25+/m1/s1. The summed E-state index contributed by atoms with van der Waals surface area (Å²) in [5.41, 5.74) is 2.91. The molecule has 2 atom stereocenters. The molecule has 0 aliphatic rings. The number of nitriles is 1. The van der Waals surface area contributed by atoms with Gasteiger partial charge in [0, 0.05) is 29.7 Å². The molecule has 0 aliphatic heterocycles. The smallest absolute Gasteiger partial charge is 0.233 e. The zero-order chi connectivity index (χ0) is 22.9. The lowest BCUT2D eigenvalue weighted by Gasteiger charge is -2.29. The molecule has 2 aromatic carbocycles. The quantitative estimate of drug-likeness (QED) is 0.492. The number of aromatic nitrogens is 1. The minimum Gasteiger partial charge on any atom is -0.325 e. The molecule has 6 heteroatoms. The average molecular weight is 427 g/mol. The summed E-state index contributed by atoms with van der Waals surface area (Å²) in [6.45, 7) is 4.86. The molecule has 6 nitrogen and oxygen atoms in total. The molecular weight excluding hydrogens is 400 g/mol. The van der Waals surface area contributed by atoms with Gasteiger partial charge in [0.2, 0.25) is 5.91 Å². The third-order valence-corrected chi connectivity index (χ3v) is 5.12. The Balaban J connectivity index is 2.08. The van der Waals surface area contributed by atoms with Crippen molar-refractivity contribution in [3.63, 3.8) is 0 Å². The summed E-state index contributed by atoms with van der Waals surface area (Å²) in [7, 11) is 0. The van der Waals surface area contributed by atoms with Crippen LogP contribution in [0.2, 0.25) is 0 Å². The highest BCUT2D eigenvalue weighted by atomic mass is 16.2. The van der Waals surface area contributed by atoms with Crippen LogP contribution < -0.4 is 10.6 Å². The van der Waals surface area contributed by atoms with Crippen LogP contribution in [0.25, 0.3) is 0 Å². The Hall–Kier alpha value is -3.82. The van der Waals surface area contributed by atoms with E-state index in [1.54, 1.807) is 54.9 Å². The SMILES string of the molecule is CC(C)CN[C@@H](c1cccnc1)[C@H](C(=O)Nc1cccc(C#N)c1)c1ccccc1C=O. The van der Waals surface area contributed by atoms with Gasteiger partial charge in [0.05, 0.1) is 17.6 Å². The first-order valence-electron chi connectivity index (χ1n) is 10.5. The Kier molecular flexibility index (Phi) is 7.85. The van der Waals surface area contributed by atoms with E-state index in [9.17, 15) is 14.9 Å². The number of aldehydes is 1. The first-order valence-corrected chi connectivity index (χ1v) is 10.5. The molecule has 0 radical (unpaired) electrons. The molecule has 32 heavy (non-hydrogen) atoms. The van der Waals surface area contributed by atoms with Crippen LogP contribution in [0.4, 0.5) is 5.69 Å². The molecule has 0 fully saturated rings. The third-order valence-electron chi connectivity index (χ3n) is 5.12. The van der Waals surface area contributed by atoms with Crippen LogP contribution in [-0.4, -0.2) is 23.7 Å². The van der Waals surface area contributed by atoms with Gasteiger partial charge in [-0.05, 0) is 47.9 Å². The summed E-state index contributed by atoms with van der Waals surface area (Å²) in [5.74, 6) is -0.629. The van der Waals surface area contributed by atoms with Crippen LogP contribution in [0.3, 0.4) is 0 Å².